The van der Waals surface area contributed by atoms with Crippen molar-refractivity contribution in [1.82, 2.24) is 24.6 Å². The normalized spacial score (nSPS) is 23.0. The van der Waals surface area contributed by atoms with Gasteiger partial charge in [0.2, 0.25) is 5.82 Å². The van der Waals surface area contributed by atoms with E-state index >= 15 is 0 Å². The molecule has 1 saturated heterocycles. The van der Waals surface area contributed by atoms with E-state index in [1.807, 2.05) is 18.5 Å². The molecule has 3 heterocycles. The van der Waals surface area contributed by atoms with Crippen LogP contribution in [0.4, 0.5) is 0 Å². The van der Waals surface area contributed by atoms with Crippen LogP contribution in [-0.2, 0) is 12.5 Å². The third-order valence-electron chi connectivity index (χ3n) is 6.51. The van der Waals surface area contributed by atoms with Crippen molar-refractivity contribution in [1.29, 1.82) is 0 Å². The van der Waals surface area contributed by atoms with Gasteiger partial charge >= 0.3 is 0 Å². The number of aromatic nitrogens is 4. The Morgan fingerprint density at radius 1 is 1.27 bits per heavy atom. The highest BCUT2D eigenvalue weighted by molar-refractivity contribution is 7.99. The number of thioether (sulfide) groups is 1. The average Bonchev–Trinajstić information content (AvgIpc) is 3.05. The minimum absolute atomic E-state index is 0.382. The van der Waals surface area contributed by atoms with Gasteiger partial charge in [-0.2, -0.15) is 0 Å². The first-order chi connectivity index (χ1) is 14.6. The van der Waals surface area contributed by atoms with Gasteiger partial charge in [0.1, 0.15) is 5.75 Å². The largest absolute Gasteiger partial charge is 0.497 e. The Morgan fingerprint density at radius 2 is 2.10 bits per heavy atom. The number of likely N-dealkylation sites (tertiary alicyclic amines) is 1. The highest BCUT2D eigenvalue weighted by atomic mass is 32.2. The zero-order valence-electron chi connectivity index (χ0n) is 17.7. The zero-order valence-corrected chi connectivity index (χ0v) is 18.5. The maximum absolute atomic E-state index is 5.45. The Bertz CT molecular complexity index is 1030. The maximum atomic E-state index is 5.45. The number of rotatable bonds is 8. The third kappa shape index (κ3) is 3.41. The lowest BCUT2D eigenvalue weighted by Gasteiger charge is -2.21. The first-order valence-electron chi connectivity index (χ1n) is 10.4. The number of methoxy groups -OCH3 is 1. The second-order valence-electron chi connectivity index (χ2n) is 8.35. The van der Waals surface area contributed by atoms with Crippen molar-refractivity contribution in [3.63, 3.8) is 0 Å². The first-order valence-corrected chi connectivity index (χ1v) is 11.4. The number of hydrogen-bond donors (Lipinski definition) is 0. The fourth-order valence-corrected chi connectivity index (χ4v) is 5.57. The molecule has 30 heavy (non-hydrogen) atoms. The van der Waals surface area contributed by atoms with E-state index in [0.717, 1.165) is 47.1 Å². The minimum Gasteiger partial charge on any atom is -0.497 e. The Labute approximate surface area is 180 Å². The van der Waals surface area contributed by atoms with E-state index in [4.69, 9.17) is 9.15 Å². The summed E-state index contributed by atoms with van der Waals surface area (Å²) in [6.45, 7) is 5.44. The number of benzene rings is 1. The van der Waals surface area contributed by atoms with Crippen LogP contribution in [0.1, 0.15) is 24.1 Å². The molecule has 1 aromatic carbocycles. The zero-order chi connectivity index (χ0) is 20.7. The number of ether oxygens (including phenoxy) is 1. The van der Waals surface area contributed by atoms with Gasteiger partial charge in [0.15, 0.2) is 17.3 Å². The molecule has 0 N–H and O–H groups in total. The lowest BCUT2D eigenvalue weighted by Crippen LogP contribution is -2.27. The summed E-state index contributed by atoms with van der Waals surface area (Å²) in [5.74, 6) is 4.19. The van der Waals surface area contributed by atoms with E-state index < -0.39 is 0 Å². The van der Waals surface area contributed by atoms with Gasteiger partial charge in [0.25, 0.3) is 0 Å². The molecule has 2 unspecified atom stereocenters. The second-order valence-corrected chi connectivity index (χ2v) is 9.42. The predicted octanol–water partition coefficient (Wildman–Crippen LogP) is 3.54. The van der Waals surface area contributed by atoms with Crippen LogP contribution in [0, 0.1) is 12.8 Å². The maximum Gasteiger partial charge on any atom is 0.202 e. The van der Waals surface area contributed by atoms with Crippen LogP contribution in [0.25, 0.3) is 11.6 Å². The molecule has 2 fully saturated rings. The molecule has 2 aromatic heterocycles. The molecule has 2 aliphatic rings. The third-order valence-corrected chi connectivity index (χ3v) is 7.62. The van der Waals surface area contributed by atoms with Gasteiger partial charge in [0.05, 0.1) is 12.8 Å². The number of oxazole rings is 1. The molecule has 158 valence electrons. The molecule has 0 bridgehead atoms. The molecule has 0 amide bonds. The van der Waals surface area contributed by atoms with Gasteiger partial charge < -0.3 is 18.6 Å². The summed E-state index contributed by atoms with van der Waals surface area (Å²) >= 11 is 1.75. The van der Waals surface area contributed by atoms with Crippen molar-refractivity contribution < 1.29 is 9.15 Å². The van der Waals surface area contributed by atoms with Crippen LogP contribution in [-0.4, -0.2) is 57.1 Å². The number of piperidine rings is 1. The molecule has 7 nitrogen and oxygen atoms in total. The lowest BCUT2D eigenvalue weighted by molar-refractivity contribution is 0.299. The quantitative estimate of drug-likeness (QED) is 0.404. The van der Waals surface area contributed by atoms with Crippen LogP contribution in [0.5, 0.6) is 5.75 Å². The molecule has 1 saturated carbocycles. The average molecular weight is 426 g/mol. The van der Waals surface area contributed by atoms with Crippen LogP contribution in [0.3, 0.4) is 0 Å². The van der Waals surface area contributed by atoms with Crippen LogP contribution in [0.15, 0.2) is 40.2 Å². The van der Waals surface area contributed by atoms with Crippen LogP contribution < -0.4 is 4.74 Å². The molecule has 8 heteroatoms. The summed E-state index contributed by atoms with van der Waals surface area (Å²) in [6, 6.07) is 8.68. The highest BCUT2D eigenvalue weighted by Crippen LogP contribution is 2.59. The fraction of sp³-hybridized carbons (Fsp3) is 0.500. The molecular weight excluding hydrogens is 398 g/mol. The molecule has 2 atom stereocenters. The van der Waals surface area contributed by atoms with Crippen molar-refractivity contribution in [3.05, 3.63) is 41.9 Å². The Balaban J connectivity index is 1.12. The number of hydrogen-bond acceptors (Lipinski definition) is 7. The van der Waals surface area contributed by atoms with E-state index in [1.54, 1.807) is 18.9 Å². The summed E-state index contributed by atoms with van der Waals surface area (Å²) in [5, 5.41) is 9.53. The molecule has 1 aliphatic heterocycles. The van der Waals surface area contributed by atoms with Crippen molar-refractivity contribution in [2.45, 2.75) is 30.3 Å². The van der Waals surface area contributed by atoms with Crippen LogP contribution >= 0.6 is 11.8 Å². The summed E-state index contributed by atoms with van der Waals surface area (Å²) < 4.78 is 12.7. The minimum atomic E-state index is 0.382. The number of fused-ring (bicyclic) bond motifs is 1. The van der Waals surface area contributed by atoms with Gasteiger partial charge in [-0.1, -0.05) is 23.9 Å². The molecular formula is C22H27N5O2S. The number of aryl methyl sites for hydroxylation is 1. The van der Waals surface area contributed by atoms with Gasteiger partial charge in [-0.3, -0.25) is 0 Å². The highest BCUT2D eigenvalue weighted by Gasteiger charge is 2.60. The topological polar surface area (TPSA) is 69.2 Å². The molecule has 1 aliphatic carbocycles. The SMILES string of the molecule is COc1ccc(C23CC2CN(CCCSc2nnc(-c4ocnc4C)n2C)C3)cc1. The van der Waals surface area contributed by atoms with E-state index in [-0.39, 0.29) is 0 Å². The molecule has 5 rings (SSSR count). The first kappa shape index (κ1) is 19.6. The van der Waals surface area contributed by atoms with Crippen molar-refractivity contribution in [2.24, 2.45) is 13.0 Å². The van der Waals surface area contributed by atoms with Gasteiger partial charge in [-0.25, -0.2) is 4.98 Å². The van der Waals surface area contributed by atoms with E-state index in [9.17, 15) is 0 Å². The summed E-state index contributed by atoms with van der Waals surface area (Å²) in [7, 11) is 3.70. The number of nitrogens with zero attached hydrogens (tertiary/aromatic N) is 5. The van der Waals surface area contributed by atoms with Gasteiger partial charge in [0, 0.05) is 31.3 Å². The lowest BCUT2D eigenvalue weighted by atomic mass is 9.95. The Morgan fingerprint density at radius 3 is 2.83 bits per heavy atom. The van der Waals surface area contributed by atoms with Crippen molar-refractivity contribution >= 4 is 11.8 Å². The fourth-order valence-electron chi connectivity index (χ4n) is 4.73. The van der Waals surface area contributed by atoms with Gasteiger partial charge in [-0.05, 0) is 49.9 Å². The van der Waals surface area contributed by atoms with Gasteiger partial charge in [-0.15, -0.1) is 10.2 Å². The van der Waals surface area contributed by atoms with Crippen molar-refractivity contribution in [3.8, 4) is 17.3 Å². The van der Waals surface area contributed by atoms with E-state index in [1.165, 1.54) is 31.5 Å². The molecule has 0 radical (unpaired) electrons. The monoisotopic (exact) mass is 425 g/mol. The van der Waals surface area contributed by atoms with Crippen molar-refractivity contribution in [2.75, 3.05) is 32.5 Å². The summed E-state index contributed by atoms with van der Waals surface area (Å²) in [5.41, 5.74) is 2.69. The molecule has 3 aromatic rings. The summed E-state index contributed by atoms with van der Waals surface area (Å²) in [4.78, 5) is 6.77. The standard InChI is InChI=1S/C22H27N5O2S/c1-15-19(29-14-23-15)20-24-25-21(26(20)2)30-10-4-9-27-12-17-11-22(17,13-27)16-5-7-18(28-3)8-6-16/h5-8,14,17H,4,9-13H2,1-3H3. The molecule has 0 spiro atoms. The smallest absolute Gasteiger partial charge is 0.202 e. The van der Waals surface area contributed by atoms with E-state index in [0.29, 0.717) is 11.2 Å². The van der Waals surface area contributed by atoms with E-state index in [2.05, 4.69) is 44.3 Å². The predicted molar refractivity (Wildman–Crippen MR) is 116 cm³/mol. The van der Waals surface area contributed by atoms with Crippen LogP contribution in [0.2, 0.25) is 0 Å². The Hall–Kier alpha value is -2.32. The summed E-state index contributed by atoms with van der Waals surface area (Å²) in [6.07, 6.45) is 3.92. The Kier molecular flexibility index (Phi) is 5.06. The second kappa shape index (κ2) is 7.74.